The van der Waals surface area contributed by atoms with E-state index in [1.54, 1.807) is 24.7 Å². The Hall–Kier alpha value is -3.47. The van der Waals surface area contributed by atoms with Crippen LogP contribution >= 0.6 is 0 Å². The van der Waals surface area contributed by atoms with Crippen molar-refractivity contribution in [1.29, 1.82) is 0 Å². The largest absolute Gasteiger partial charge is 0.345 e. The highest BCUT2D eigenvalue weighted by atomic mass is 16.1. The van der Waals surface area contributed by atoms with Gasteiger partial charge in [-0.15, -0.1) is 0 Å². The monoisotopic (exact) mass is 314 g/mol. The van der Waals surface area contributed by atoms with E-state index in [0.717, 1.165) is 16.5 Å². The molecule has 0 aliphatic heterocycles. The lowest BCUT2D eigenvalue weighted by atomic mass is 10.1. The van der Waals surface area contributed by atoms with E-state index in [0.29, 0.717) is 17.1 Å². The van der Waals surface area contributed by atoms with Crippen LogP contribution in [-0.4, -0.2) is 20.9 Å². The van der Waals surface area contributed by atoms with Crippen LogP contribution in [0.1, 0.15) is 10.4 Å². The molecule has 0 radical (unpaired) electrons. The standard InChI is InChI=1S/C19H14N4O/c24-19(16-7-3-2-6-15(16)18-20-9-10-21-18)23-14-11-13-5-1-4-8-17(13)22-12-14/h1-12H,(H,20,21)(H,23,24). The maximum atomic E-state index is 12.7. The third kappa shape index (κ3) is 2.63. The van der Waals surface area contributed by atoms with Gasteiger partial charge in [0, 0.05) is 23.3 Å². The molecule has 2 aromatic carbocycles. The molecular formula is C19H14N4O. The zero-order chi connectivity index (χ0) is 16.4. The molecule has 4 aromatic rings. The fourth-order valence-corrected chi connectivity index (χ4v) is 2.64. The van der Waals surface area contributed by atoms with Crippen LogP contribution in [0.4, 0.5) is 5.69 Å². The number of carbonyl (C=O) groups is 1. The highest BCUT2D eigenvalue weighted by Gasteiger charge is 2.14. The molecule has 1 amide bonds. The first-order valence-electron chi connectivity index (χ1n) is 7.56. The van der Waals surface area contributed by atoms with Crippen molar-refractivity contribution in [3.63, 3.8) is 0 Å². The number of imidazole rings is 1. The molecule has 0 fully saturated rings. The lowest BCUT2D eigenvalue weighted by molar-refractivity contribution is 0.102. The summed E-state index contributed by atoms with van der Waals surface area (Å²) in [6, 6.07) is 17.1. The predicted octanol–water partition coefficient (Wildman–Crippen LogP) is 3.88. The zero-order valence-corrected chi connectivity index (χ0v) is 12.7. The molecule has 0 spiro atoms. The molecular weight excluding hydrogens is 300 g/mol. The maximum Gasteiger partial charge on any atom is 0.256 e. The topological polar surface area (TPSA) is 70.7 Å². The number of nitrogens with one attached hydrogen (secondary N) is 2. The summed E-state index contributed by atoms with van der Waals surface area (Å²) in [4.78, 5) is 24.3. The van der Waals surface area contributed by atoms with Crippen molar-refractivity contribution in [3.05, 3.63) is 78.8 Å². The van der Waals surface area contributed by atoms with Crippen molar-refractivity contribution < 1.29 is 4.79 Å². The van der Waals surface area contributed by atoms with Crippen molar-refractivity contribution >= 4 is 22.5 Å². The molecule has 0 aliphatic carbocycles. The number of pyridine rings is 1. The Morgan fingerprint density at radius 2 is 1.83 bits per heavy atom. The molecule has 0 saturated carbocycles. The number of hydrogen-bond acceptors (Lipinski definition) is 3. The minimum atomic E-state index is -0.195. The van der Waals surface area contributed by atoms with Gasteiger partial charge < -0.3 is 10.3 Å². The predicted molar refractivity (Wildman–Crippen MR) is 93.7 cm³/mol. The molecule has 0 aliphatic rings. The van der Waals surface area contributed by atoms with Gasteiger partial charge in [-0.2, -0.15) is 0 Å². The Kier molecular flexibility index (Phi) is 3.51. The van der Waals surface area contributed by atoms with Crippen molar-refractivity contribution in [3.8, 4) is 11.4 Å². The van der Waals surface area contributed by atoms with Gasteiger partial charge in [-0.05, 0) is 18.2 Å². The van der Waals surface area contributed by atoms with Gasteiger partial charge in [0.05, 0.1) is 23.0 Å². The van der Waals surface area contributed by atoms with Crippen LogP contribution in [-0.2, 0) is 0 Å². The molecule has 0 unspecified atom stereocenters. The summed E-state index contributed by atoms with van der Waals surface area (Å²) in [6.45, 7) is 0. The number of anilines is 1. The molecule has 4 rings (SSSR count). The SMILES string of the molecule is O=C(Nc1cnc2ccccc2c1)c1ccccc1-c1ncc[nH]1. The van der Waals surface area contributed by atoms with Crippen LogP contribution in [0.25, 0.3) is 22.3 Å². The van der Waals surface area contributed by atoms with Crippen LogP contribution < -0.4 is 5.32 Å². The molecule has 5 heteroatoms. The Morgan fingerprint density at radius 1 is 1.00 bits per heavy atom. The number of nitrogens with zero attached hydrogens (tertiary/aromatic N) is 2. The summed E-state index contributed by atoms with van der Waals surface area (Å²) in [5, 5.41) is 3.89. The average Bonchev–Trinajstić information content (AvgIpc) is 3.16. The smallest absolute Gasteiger partial charge is 0.256 e. The molecule has 5 nitrogen and oxygen atoms in total. The second-order valence-electron chi connectivity index (χ2n) is 5.35. The third-order valence-corrected chi connectivity index (χ3v) is 3.77. The second-order valence-corrected chi connectivity index (χ2v) is 5.35. The van der Waals surface area contributed by atoms with E-state index >= 15 is 0 Å². The van der Waals surface area contributed by atoms with Crippen molar-refractivity contribution in [1.82, 2.24) is 15.0 Å². The quantitative estimate of drug-likeness (QED) is 0.603. The van der Waals surface area contributed by atoms with E-state index in [4.69, 9.17) is 0 Å². The highest BCUT2D eigenvalue weighted by molar-refractivity contribution is 6.08. The van der Waals surface area contributed by atoms with Gasteiger partial charge in [0.1, 0.15) is 5.82 Å². The lowest BCUT2D eigenvalue weighted by Gasteiger charge is -2.09. The Balaban J connectivity index is 1.67. The van der Waals surface area contributed by atoms with Gasteiger partial charge in [-0.1, -0.05) is 36.4 Å². The first-order chi connectivity index (χ1) is 11.8. The minimum absolute atomic E-state index is 0.195. The summed E-state index contributed by atoms with van der Waals surface area (Å²) in [7, 11) is 0. The first kappa shape index (κ1) is 14.1. The molecule has 0 atom stereocenters. The number of amides is 1. The van der Waals surface area contributed by atoms with Gasteiger partial charge in [-0.25, -0.2) is 4.98 Å². The number of fused-ring (bicyclic) bond motifs is 1. The van der Waals surface area contributed by atoms with E-state index in [-0.39, 0.29) is 5.91 Å². The average molecular weight is 314 g/mol. The normalized spacial score (nSPS) is 10.7. The second kappa shape index (κ2) is 5.96. The van der Waals surface area contributed by atoms with E-state index < -0.39 is 0 Å². The number of rotatable bonds is 3. The van der Waals surface area contributed by atoms with Gasteiger partial charge >= 0.3 is 0 Å². The van der Waals surface area contributed by atoms with Gasteiger partial charge in [-0.3, -0.25) is 9.78 Å². The van der Waals surface area contributed by atoms with Crippen LogP contribution in [0.15, 0.2) is 73.2 Å². The van der Waals surface area contributed by atoms with E-state index in [2.05, 4.69) is 20.3 Å². The molecule has 0 bridgehead atoms. The van der Waals surface area contributed by atoms with Gasteiger partial charge in [0.15, 0.2) is 0 Å². The summed E-state index contributed by atoms with van der Waals surface area (Å²) in [6.07, 6.45) is 5.06. The Bertz CT molecular complexity index is 1010. The molecule has 24 heavy (non-hydrogen) atoms. The van der Waals surface area contributed by atoms with Crippen molar-refractivity contribution in [2.24, 2.45) is 0 Å². The van der Waals surface area contributed by atoms with E-state index in [9.17, 15) is 4.79 Å². The molecule has 2 N–H and O–H groups in total. The van der Waals surface area contributed by atoms with Crippen LogP contribution in [0.3, 0.4) is 0 Å². The third-order valence-electron chi connectivity index (χ3n) is 3.77. The lowest BCUT2D eigenvalue weighted by Crippen LogP contribution is -2.13. The number of H-pyrrole nitrogens is 1. The Morgan fingerprint density at radius 3 is 2.71 bits per heavy atom. The molecule has 116 valence electrons. The number of hydrogen-bond donors (Lipinski definition) is 2. The first-order valence-corrected chi connectivity index (χ1v) is 7.56. The zero-order valence-electron chi connectivity index (χ0n) is 12.7. The fraction of sp³-hybridized carbons (Fsp3) is 0. The van der Waals surface area contributed by atoms with E-state index in [1.165, 1.54) is 0 Å². The van der Waals surface area contributed by atoms with Gasteiger partial charge in [0.2, 0.25) is 0 Å². The molecule has 0 saturated heterocycles. The van der Waals surface area contributed by atoms with Crippen LogP contribution in [0.2, 0.25) is 0 Å². The number of aromatic amines is 1. The van der Waals surface area contributed by atoms with E-state index in [1.807, 2.05) is 48.5 Å². The fourth-order valence-electron chi connectivity index (χ4n) is 2.64. The number of para-hydroxylation sites is 1. The van der Waals surface area contributed by atoms with Crippen LogP contribution in [0, 0.1) is 0 Å². The van der Waals surface area contributed by atoms with Gasteiger partial charge in [0.25, 0.3) is 5.91 Å². The highest BCUT2D eigenvalue weighted by Crippen LogP contribution is 2.22. The molecule has 2 aromatic heterocycles. The van der Waals surface area contributed by atoms with Crippen molar-refractivity contribution in [2.45, 2.75) is 0 Å². The number of carbonyl (C=O) groups excluding carboxylic acids is 1. The molecule has 2 heterocycles. The Labute approximate surface area is 138 Å². The summed E-state index contributed by atoms with van der Waals surface area (Å²) < 4.78 is 0. The van der Waals surface area contributed by atoms with Crippen molar-refractivity contribution in [2.75, 3.05) is 5.32 Å². The summed E-state index contributed by atoms with van der Waals surface area (Å²) in [5.74, 6) is 0.469. The maximum absolute atomic E-state index is 12.7. The number of benzene rings is 2. The summed E-state index contributed by atoms with van der Waals surface area (Å²) in [5.41, 5.74) is 2.87. The minimum Gasteiger partial charge on any atom is -0.345 e. The summed E-state index contributed by atoms with van der Waals surface area (Å²) >= 11 is 0. The van der Waals surface area contributed by atoms with Crippen LogP contribution in [0.5, 0.6) is 0 Å². The number of aromatic nitrogens is 3.